The van der Waals surface area contributed by atoms with Crippen molar-refractivity contribution in [3.8, 4) is 16.3 Å². The molecule has 1 aromatic heterocycles. The number of esters is 1. The number of hydrogen-bond donors (Lipinski definition) is 2. The van der Waals surface area contributed by atoms with Crippen LogP contribution in [0.2, 0.25) is 0 Å². The van der Waals surface area contributed by atoms with E-state index in [9.17, 15) is 14.4 Å². The Labute approximate surface area is 148 Å². The molecule has 1 aromatic carbocycles. The summed E-state index contributed by atoms with van der Waals surface area (Å²) in [5, 5.41) is 4.88. The van der Waals surface area contributed by atoms with E-state index in [1.54, 1.807) is 26.2 Å². The molecular weight excluding hydrogens is 346 g/mol. The van der Waals surface area contributed by atoms with Gasteiger partial charge >= 0.3 is 12.0 Å². The van der Waals surface area contributed by atoms with Crippen LogP contribution < -0.4 is 15.4 Å². The molecule has 0 atom stereocenters. The summed E-state index contributed by atoms with van der Waals surface area (Å²) in [6.07, 6.45) is 0. The van der Waals surface area contributed by atoms with Crippen molar-refractivity contribution in [3.63, 3.8) is 0 Å². The van der Waals surface area contributed by atoms with Gasteiger partial charge in [-0.05, 0) is 31.2 Å². The number of benzene rings is 1. The number of carbonyl (C=O) groups excluding carboxylic acids is 3. The monoisotopic (exact) mass is 363 g/mol. The van der Waals surface area contributed by atoms with Gasteiger partial charge in [0.15, 0.2) is 6.61 Å². The van der Waals surface area contributed by atoms with E-state index in [2.05, 4.69) is 10.3 Å². The van der Waals surface area contributed by atoms with Gasteiger partial charge in [0.25, 0.3) is 5.91 Å². The summed E-state index contributed by atoms with van der Waals surface area (Å²) in [5.74, 6) is -0.661. The number of imide groups is 1. The average molecular weight is 363 g/mol. The first-order valence-electron chi connectivity index (χ1n) is 7.25. The van der Waals surface area contributed by atoms with Crippen molar-refractivity contribution >= 4 is 29.2 Å². The van der Waals surface area contributed by atoms with E-state index in [1.165, 1.54) is 18.4 Å². The maximum absolute atomic E-state index is 12.1. The van der Waals surface area contributed by atoms with Crippen LogP contribution in [0.4, 0.5) is 4.79 Å². The number of rotatable bonds is 5. The molecule has 8 nitrogen and oxygen atoms in total. The number of urea groups is 1. The maximum atomic E-state index is 12.1. The van der Waals surface area contributed by atoms with Crippen molar-refractivity contribution in [2.75, 3.05) is 20.8 Å². The Bertz CT molecular complexity index is 786. The summed E-state index contributed by atoms with van der Waals surface area (Å²) in [6, 6.07) is 6.60. The number of carbonyl (C=O) groups is 3. The highest BCUT2D eigenvalue weighted by molar-refractivity contribution is 7.17. The molecule has 2 aromatic rings. The van der Waals surface area contributed by atoms with Crippen molar-refractivity contribution in [2.45, 2.75) is 6.92 Å². The highest BCUT2D eigenvalue weighted by atomic mass is 32.1. The molecule has 0 saturated heterocycles. The second-order valence-electron chi connectivity index (χ2n) is 4.87. The highest BCUT2D eigenvalue weighted by Crippen LogP contribution is 2.29. The van der Waals surface area contributed by atoms with E-state index in [-0.39, 0.29) is 0 Å². The molecule has 0 fully saturated rings. The lowest BCUT2D eigenvalue weighted by Crippen LogP contribution is -2.39. The summed E-state index contributed by atoms with van der Waals surface area (Å²) in [7, 11) is 2.95. The fraction of sp³-hybridized carbons (Fsp3) is 0.250. The van der Waals surface area contributed by atoms with Gasteiger partial charge in [0.1, 0.15) is 15.6 Å². The average Bonchev–Trinajstić information content (AvgIpc) is 3.01. The molecular formula is C16H17N3O5S. The van der Waals surface area contributed by atoms with Crippen molar-refractivity contribution in [1.29, 1.82) is 0 Å². The Hall–Kier alpha value is -2.94. The topological polar surface area (TPSA) is 107 Å². The van der Waals surface area contributed by atoms with Crippen molar-refractivity contribution in [1.82, 2.24) is 15.6 Å². The summed E-state index contributed by atoms with van der Waals surface area (Å²) >= 11 is 1.17. The minimum absolute atomic E-state index is 0.304. The number of methoxy groups -OCH3 is 1. The molecule has 9 heteroatoms. The van der Waals surface area contributed by atoms with E-state index >= 15 is 0 Å². The fourth-order valence-corrected chi connectivity index (χ4v) is 2.83. The number of amides is 3. The number of nitrogens with zero attached hydrogens (tertiary/aromatic N) is 1. The Morgan fingerprint density at radius 2 is 1.88 bits per heavy atom. The molecule has 132 valence electrons. The lowest BCUT2D eigenvalue weighted by Gasteiger charge is -2.04. The zero-order chi connectivity index (χ0) is 18.4. The lowest BCUT2D eigenvalue weighted by atomic mass is 10.2. The van der Waals surface area contributed by atoms with Gasteiger partial charge < -0.3 is 14.8 Å². The van der Waals surface area contributed by atoms with Crippen molar-refractivity contribution in [3.05, 3.63) is 34.8 Å². The van der Waals surface area contributed by atoms with Gasteiger partial charge in [-0.1, -0.05) is 0 Å². The molecule has 0 aliphatic heterocycles. The Morgan fingerprint density at radius 1 is 1.20 bits per heavy atom. The second kappa shape index (κ2) is 8.25. The van der Waals surface area contributed by atoms with Crippen LogP contribution in [0, 0.1) is 6.92 Å². The zero-order valence-electron chi connectivity index (χ0n) is 13.9. The third kappa shape index (κ3) is 4.77. The Balaban J connectivity index is 2.04. The molecule has 0 radical (unpaired) electrons. The van der Waals surface area contributed by atoms with Crippen LogP contribution in [0.3, 0.4) is 0 Å². The largest absolute Gasteiger partial charge is 0.497 e. The minimum atomic E-state index is -0.717. The number of hydrogen-bond acceptors (Lipinski definition) is 7. The molecule has 0 bridgehead atoms. The highest BCUT2D eigenvalue weighted by Gasteiger charge is 2.19. The SMILES string of the molecule is CNC(=O)NC(=O)COC(=O)c1sc(-c2ccc(OC)cc2)nc1C. The smallest absolute Gasteiger partial charge is 0.350 e. The molecule has 0 saturated carbocycles. The maximum Gasteiger partial charge on any atom is 0.350 e. The van der Waals surface area contributed by atoms with E-state index in [0.29, 0.717) is 15.6 Å². The van der Waals surface area contributed by atoms with E-state index < -0.39 is 24.5 Å². The van der Waals surface area contributed by atoms with Crippen LogP contribution >= 0.6 is 11.3 Å². The van der Waals surface area contributed by atoms with Crippen LogP contribution in [0.5, 0.6) is 5.75 Å². The quantitative estimate of drug-likeness (QED) is 0.784. The summed E-state index contributed by atoms with van der Waals surface area (Å²) < 4.78 is 10.0. The van der Waals surface area contributed by atoms with Crippen molar-refractivity contribution in [2.24, 2.45) is 0 Å². The van der Waals surface area contributed by atoms with E-state index in [4.69, 9.17) is 9.47 Å². The minimum Gasteiger partial charge on any atom is -0.497 e. The fourth-order valence-electron chi connectivity index (χ4n) is 1.86. The molecule has 0 spiro atoms. The van der Waals surface area contributed by atoms with Gasteiger partial charge in [0.2, 0.25) is 0 Å². The number of thiazole rings is 1. The van der Waals surface area contributed by atoms with Crippen LogP contribution in [0.25, 0.3) is 10.6 Å². The van der Waals surface area contributed by atoms with Gasteiger partial charge in [-0.2, -0.15) is 0 Å². The molecule has 25 heavy (non-hydrogen) atoms. The summed E-state index contributed by atoms with van der Waals surface area (Å²) in [5.41, 5.74) is 1.35. The van der Waals surface area contributed by atoms with Crippen molar-refractivity contribution < 1.29 is 23.9 Å². The number of ether oxygens (including phenoxy) is 2. The standard InChI is InChI=1S/C16H17N3O5S/c1-9-13(15(21)24-8-12(20)19-16(22)17-2)25-14(18-9)10-4-6-11(23-3)7-5-10/h4-7H,8H2,1-3H3,(H2,17,19,20,22). The predicted molar refractivity (Wildman–Crippen MR) is 91.7 cm³/mol. The van der Waals surface area contributed by atoms with Gasteiger partial charge in [-0.15, -0.1) is 11.3 Å². The van der Waals surface area contributed by atoms with Crippen LogP contribution in [0.1, 0.15) is 15.4 Å². The second-order valence-corrected chi connectivity index (χ2v) is 5.86. The zero-order valence-corrected chi connectivity index (χ0v) is 14.7. The first kappa shape index (κ1) is 18.4. The molecule has 0 aliphatic carbocycles. The number of aromatic nitrogens is 1. The van der Waals surface area contributed by atoms with Crippen LogP contribution in [-0.2, 0) is 9.53 Å². The number of nitrogens with one attached hydrogen (secondary N) is 2. The first-order valence-corrected chi connectivity index (χ1v) is 8.06. The molecule has 1 heterocycles. The Morgan fingerprint density at radius 3 is 2.48 bits per heavy atom. The molecule has 2 N–H and O–H groups in total. The van der Waals surface area contributed by atoms with Gasteiger partial charge in [-0.3, -0.25) is 10.1 Å². The summed E-state index contributed by atoms with van der Waals surface area (Å²) in [6.45, 7) is 1.13. The predicted octanol–water partition coefficient (Wildman–Crippen LogP) is 1.74. The first-order chi connectivity index (χ1) is 11.9. The van der Waals surface area contributed by atoms with E-state index in [1.807, 2.05) is 17.4 Å². The van der Waals surface area contributed by atoms with Gasteiger partial charge in [-0.25, -0.2) is 14.6 Å². The van der Waals surface area contributed by atoms with Crippen LogP contribution in [-0.4, -0.2) is 43.7 Å². The Kier molecular flexibility index (Phi) is 6.07. The number of aryl methyl sites for hydroxylation is 1. The molecule has 0 unspecified atom stereocenters. The van der Waals surface area contributed by atoms with E-state index in [0.717, 1.165) is 11.3 Å². The van der Waals surface area contributed by atoms with Crippen LogP contribution in [0.15, 0.2) is 24.3 Å². The van der Waals surface area contributed by atoms with Gasteiger partial charge in [0.05, 0.1) is 12.8 Å². The summed E-state index contributed by atoms with van der Waals surface area (Å²) in [4.78, 5) is 39.2. The molecule has 3 amide bonds. The van der Waals surface area contributed by atoms with Gasteiger partial charge in [0, 0.05) is 12.6 Å². The third-order valence-electron chi connectivity index (χ3n) is 3.13. The lowest BCUT2D eigenvalue weighted by molar-refractivity contribution is -0.123. The molecule has 2 rings (SSSR count). The normalized spacial score (nSPS) is 10.0. The molecule has 0 aliphatic rings. The third-order valence-corrected chi connectivity index (χ3v) is 4.32.